The highest BCUT2D eigenvalue weighted by molar-refractivity contribution is 6.03. The summed E-state index contributed by atoms with van der Waals surface area (Å²) in [6.45, 7) is 9.26. The molecule has 26 heavy (non-hydrogen) atoms. The predicted molar refractivity (Wildman–Crippen MR) is 103 cm³/mol. The summed E-state index contributed by atoms with van der Waals surface area (Å²) in [6.07, 6.45) is 1.98. The number of carbonyl (C=O) groups excluding carboxylic acids is 2. The van der Waals surface area contributed by atoms with E-state index in [0.29, 0.717) is 24.5 Å². The Kier molecular flexibility index (Phi) is 7.03. The molecule has 2 atom stereocenters. The molecule has 0 fully saturated rings. The topological polar surface area (TPSA) is 75.9 Å². The fourth-order valence-electron chi connectivity index (χ4n) is 3.19. The van der Waals surface area contributed by atoms with Crippen molar-refractivity contribution in [2.24, 2.45) is 5.73 Å². The van der Waals surface area contributed by atoms with Crippen molar-refractivity contribution in [3.8, 4) is 5.75 Å². The molecule has 0 aromatic heterocycles. The lowest BCUT2D eigenvalue weighted by molar-refractivity contribution is -0.133. The number of benzene rings is 1. The monoisotopic (exact) mass is 361 g/mol. The van der Waals surface area contributed by atoms with Crippen LogP contribution in [0.1, 0.15) is 58.6 Å². The van der Waals surface area contributed by atoms with Gasteiger partial charge in [-0.05, 0) is 43.9 Å². The van der Waals surface area contributed by atoms with Crippen molar-refractivity contribution in [3.05, 3.63) is 23.8 Å². The molecule has 6 heteroatoms. The van der Waals surface area contributed by atoms with Crippen LogP contribution in [-0.4, -0.2) is 42.5 Å². The number of nitrogens with zero attached hydrogens (tertiary/aromatic N) is 2. The average Bonchev–Trinajstić information content (AvgIpc) is 2.64. The maximum atomic E-state index is 12.8. The largest absolute Gasteiger partial charge is 0.479 e. The minimum absolute atomic E-state index is 0.0321. The molecular weight excluding hydrogens is 330 g/mol. The smallest absolute Gasteiger partial charge is 0.268 e. The number of rotatable bonds is 8. The number of amides is 2. The van der Waals surface area contributed by atoms with Gasteiger partial charge in [-0.1, -0.05) is 26.8 Å². The Morgan fingerprint density at radius 1 is 1.27 bits per heavy atom. The van der Waals surface area contributed by atoms with Gasteiger partial charge in [-0.3, -0.25) is 14.5 Å². The number of nitrogens with two attached hydrogens (primary N) is 1. The molecule has 0 bridgehead atoms. The van der Waals surface area contributed by atoms with Gasteiger partial charge in [0.2, 0.25) is 5.91 Å². The summed E-state index contributed by atoms with van der Waals surface area (Å²) in [5, 5.41) is 0. The van der Waals surface area contributed by atoms with E-state index in [2.05, 4.69) is 0 Å². The third-order valence-corrected chi connectivity index (χ3v) is 4.69. The van der Waals surface area contributed by atoms with Crippen LogP contribution >= 0.6 is 0 Å². The Balaban J connectivity index is 2.32. The minimum atomic E-state index is -0.605. The van der Waals surface area contributed by atoms with Gasteiger partial charge in [0.25, 0.3) is 5.91 Å². The van der Waals surface area contributed by atoms with Crippen molar-refractivity contribution >= 4 is 17.5 Å². The first-order valence-electron chi connectivity index (χ1n) is 9.58. The molecule has 1 aliphatic heterocycles. The molecule has 0 spiro atoms. The zero-order valence-corrected chi connectivity index (χ0v) is 16.3. The molecule has 1 aliphatic rings. The van der Waals surface area contributed by atoms with Crippen LogP contribution in [0.15, 0.2) is 18.2 Å². The quantitative estimate of drug-likeness (QED) is 0.772. The zero-order valence-electron chi connectivity index (χ0n) is 16.3. The predicted octanol–water partition coefficient (Wildman–Crippen LogP) is 2.86. The summed E-state index contributed by atoms with van der Waals surface area (Å²) in [4.78, 5) is 28.9. The second-order valence-corrected chi connectivity index (χ2v) is 6.81. The molecule has 6 nitrogen and oxygen atoms in total. The first kappa shape index (κ1) is 20.2. The molecule has 2 unspecified atom stereocenters. The Labute approximate surface area is 156 Å². The van der Waals surface area contributed by atoms with Gasteiger partial charge in [0.15, 0.2) is 6.10 Å². The molecular formula is C20H31N3O3. The zero-order chi connectivity index (χ0) is 19.3. The van der Waals surface area contributed by atoms with E-state index in [-0.39, 0.29) is 24.4 Å². The van der Waals surface area contributed by atoms with E-state index in [1.807, 2.05) is 43.9 Å². The summed E-state index contributed by atoms with van der Waals surface area (Å²) in [5.74, 6) is 0.391. The first-order valence-corrected chi connectivity index (χ1v) is 9.58. The standard InChI is InChI=1S/C20H31N3O3/c1-5-10-22(11-6-2)19(24)13-23-17-12-15(16(21)7-3)8-9-18(17)26-14(4)20(23)25/h8-9,12,14,16H,5-7,10-11,13,21H2,1-4H3. The highest BCUT2D eigenvalue weighted by Gasteiger charge is 2.34. The lowest BCUT2D eigenvalue weighted by Gasteiger charge is -2.34. The Morgan fingerprint density at radius 3 is 2.50 bits per heavy atom. The molecule has 2 N–H and O–H groups in total. The summed E-state index contributed by atoms with van der Waals surface area (Å²) >= 11 is 0. The van der Waals surface area contributed by atoms with Gasteiger partial charge < -0.3 is 15.4 Å². The third-order valence-electron chi connectivity index (χ3n) is 4.69. The van der Waals surface area contributed by atoms with E-state index in [1.54, 1.807) is 11.8 Å². The maximum absolute atomic E-state index is 12.8. The highest BCUT2D eigenvalue weighted by atomic mass is 16.5. The van der Waals surface area contributed by atoms with Crippen LogP contribution in [0, 0.1) is 0 Å². The van der Waals surface area contributed by atoms with Crippen LogP contribution in [0.5, 0.6) is 5.75 Å². The van der Waals surface area contributed by atoms with Gasteiger partial charge in [0.1, 0.15) is 12.3 Å². The van der Waals surface area contributed by atoms with E-state index in [4.69, 9.17) is 10.5 Å². The fraction of sp³-hybridized carbons (Fsp3) is 0.600. The van der Waals surface area contributed by atoms with Crippen molar-refractivity contribution < 1.29 is 14.3 Å². The molecule has 0 aliphatic carbocycles. The molecule has 2 rings (SSSR count). The highest BCUT2D eigenvalue weighted by Crippen LogP contribution is 2.36. The normalized spacial score (nSPS) is 17.5. The molecule has 0 saturated heterocycles. The molecule has 2 amide bonds. The fourth-order valence-corrected chi connectivity index (χ4v) is 3.19. The second-order valence-electron chi connectivity index (χ2n) is 6.81. The van der Waals surface area contributed by atoms with Crippen LogP contribution in [0.3, 0.4) is 0 Å². The SMILES string of the molecule is CCCN(CCC)C(=O)CN1C(=O)C(C)Oc2ccc(C(N)CC)cc21. The van der Waals surface area contributed by atoms with Crippen molar-refractivity contribution in [2.45, 2.75) is 59.1 Å². The molecule has 1 aromatic rings. The van der Waals surface area contributed by atoms with Gasteiger partial charge in [0, 0.05) is 19.1 Å². The Bertz CT molecular complexity index is 641. The lowest BCUT2D eigenvalue weighted by atomic mass is 10.0. The Hall–Kier alpha value is -2.08. The van der Waals surface area contributed by atoms with E-state index < -0.39 is 6.10 Å². The summed E-state index contributed by atoms with van der Waals surface area (Å²) < 4.78 is 5.72. The number of carbonyl (C=O) groups is 2. The Morgan fingerprint density at radius 2 is 1.92 bits per heavy atom. The van der Waals surface area contributed by atoms with Crippen LogP contribution in [0.4, 0.5) is 5.69 Å². The molecule has 144 valence electrons. The summed E-state index contributed by atoms with van der Waals surface area (Å²) in [6, 6.07) is 5.54. The van der Waals surface area contributed by atoms with Crippen molar-refractivity contribution in [1.82, 2.24) is 4.90 Å². The van der Waals surface area contributed by atoms with Gasteiger partial charge in [-0.25, -0.2) is 0 Å². The van der Waals surface area contributed by atoms with Crippen molar-refractivity contribution in [3.63, 3.8) is 0 Å². The van der Waals surface area contributed by atoms with Gasteiger partial charge in [-0.15, -0.1) is 0 Å². The number of anilines is 1. The molecule has 0 saturated carbocycles. The molecule has 1 heterocycles. The third kappa shape index (κ3) is 4.36. The number of fused-ring (bicyclic) bond motifs is 1. The maximum Gasteiger partial charge on any atom is 0.268 e. The van der Waals surface area contributed by atoms with Crippen LogP contribution in [-0.2, 0) is 9.59 Å². The average molecular weight is 361 g/mol. The first-order chi connectivity index (χ1) is 12.4. The van der Waals surface area contributed by atoms with Crippen molar-refractivity contribution in [2.75, 3.05) is 24.5 Å². The van der Waals surface area contributed by atoms with Crippen LogP contribution < -0.4 is 15.4 Å². The van der Waals surface area contributed by atoms with Gasteiger partial charge >= 0.3 is 0 Å². The van der Waals surface area contributed by atoms with Crippen molar-refractivity contribution in [1.29, 1.82) is 0 Å². The second kappa shape index (κ2) is 9.03. The van der Waals surface area contributed by atoms with Crippen LogP contribution in [0.2, 0.25) is 0 Å². The number of hydrogen-bond acceptors (Lipinski definition) is 4. The number of hydrogen-bond donors (Lipinski definition) is 1. The van der Waals surface area contributed by atoms with Gasteiger partial charge in [0.05, 0.1) is 5.69 Å². The lowest BCUT2D eigenvalue weighted by Crippen LogP contribution is -2.50. The van der Waals surface area contributed by atoms with E-state index in [0.717, 1.165) is 24.8 Å². The number of ether oxygens (including phenoxy) is 1. The molecule has 0 radical (unpaired) electrons. The van der Waals surface area contributed by atoms with E-state index in [1.165, 1.54) is 0 Å². The summed E-state index contributed by atoms with van der Waals surface area (Å²) in [5.41, 5.74) is 7.72. The van der Waals surface area contributed by atoms with E-state index in [9.17, 15) is 9.59 Å². The minimum Gasteiger partial charge on any atom is -0.479 e. The van der Waals surface area contributed by atoms with Crippen LogP contribution in [0.25, 0.3) is 0 Å². The van der Waals surface area contributed by atoms with E-state index >= 15 is 0 Å². The summed E-state index contributed by atoms with van der Waals surface area (Å²) in [7, 11) is 0. The van der Waals surface area contributed by atoms with Gasteiger partial charge in [-0.2, -0.15) is 0 Å². The molecule has 1 aromatic carbocycles.